The molecule has 0 radical (unpaired) electrons. The predicted molar refractivity (Wildman–Crippen MR) is 78.7 cm³/mol. The summed E-state index contributed by atoms with van der Waals surface area (Å²) in [6, 6.07) is 1.92. The highest BCUT2D eigenvalue weighted by molar-refractivity contribution is 9.11. The van der Waals surface area contributed by atoms with Crippen LogP contribution in [0.4, 0.5) is 0 Å². The van der Waals surface area contributed by atoms with Crippen molar-refractivity contribution in [3.05, 3.63) is 32.2 Å². The van der Waals surface area contributed by atoms with Gasteiger partial charge in [0.1, 0.15) is 4.90 Å². The molecular formula is C11H14BrN3O2S2. The standard InChI is InChI=1S/C11H14BrN3O2S2/c1-7-11(8(2)14-13-7)19(16,17)15(3)5-9-4-10(12)18-6-9/h4,6H,5H2,1-3H3,(H,13,14). The van der Waals surface area contributed by atoms with Crippen LogP contribution in [-0.2, 0) is 16.6 Å². The van der Waals surface area contributed by atoms with Gasteiger partial charge in [-0.2, -0.15) is 9.40 Å². The lowest BCUT2D eigenvalue weighted by atomic mass is 10.3. The first-order valence-corrected chi connectivity index (χ1v) is 8.64. The number of halogens is 1. The molecule has 2 heterocycles. The molecular weight excluding hydrogens is 350 g/mol. The average Bonchev–Trinajstić information content (AvgIpc) is 2.85. The Morgan fingerprint density at radius 2 is 2.16 bits per heavy atom. The molecule has 2 aromatic rings. The van der Waals surface area contributed by atoms with Crippen LogP contribution in [0.25, 0.3) is 0 Å². The molecule has 0 bridgehead atoms. The van der Waals surface area contributed by atoms with E-state index in [1.54, 1.807) is 20.9 Å². The number of hydrogen-bond donors (Lipinski definition) is 1. The summed E-state index contributed by atoms with van der Waals surface area (Å²) in [5.74, 6) is 0. The Morgan fingerprint density at radius 3 is 2.63 bits per heavy atom. The number of nitrogens with one attached hydrogen (secondary N) is 1. The maximum Gasteiger partial charge on any atom is 0.246 e. The number of aromatic amines is 1. The number of aryl methyl sites for hydroxylation is 2. The van der Waals surface area contributed by atoms with Gasteiger partial charge >= 0.3 is 0 Å². The van der Waals surface area contributed by atoms with Crippen LogP contribution in [0.15, 0.2) is 20.1 Å². The molecule has 0 fully saturated rings. The van der Waals surface area contributed by atoms with Gasteiger partial charge in [0.15, 0.2) is 0 Å². The van der Waals surface area contributed by atoms with Crippen molar-refractivity contribution >= 4 is 37.3 Å². The van der Waals surface area contributed by atoms with Crippen molar-refractivity contribution in [3.63, 3.8) is 0 Å². The van der Waals surface area contributed by atoms with E-state index in [-0.39, 0.29) is 4.90 Å². The van der Waals surface area contributed by atoms with E-state index in [1.807, 2.05) is 11.4 Å². The summed E-state index contributed by atoms with van der Waals surface area (Å²) >= 11 is 4.91. The third-order valence-corrected chi connectivity index (χ3v) is 6.38. The number of hydrogen-bond acceptors (Lipinski definition) is 4. The quantitative estimate of drug-likeness (QED) is 0.907. The van der Waals surface area contributed by atoms with Crippen molar-refractivity contribution in [2.75, 3.05) is 7.05 Å². The van der Waals surface area contributed by atoms with Gasteiger partial charge < -0.3 is 0 Å². The molecule has 5 nitrogen and oxygen atoms in total. The van der Waals surface area contributed by atoms with Gasteiger partial charge in [-0.15, -0.1) is 11.3 Å². The number of aromatic nitrogens is 2. The Labute approximate surface area is 124 Å². The van der Waals surface area contributed by atoms with E-state index in [0.717, 1.165) is 9.35 Å². The Balaban J connectivity index is 2.30. The van der Waals surface area contributed by atoms with Crippen LogP contribution in [0.3, 0.4) is 0 Å². The highest BCUT2D eigenvalue weighted by Gasteiger charge is 2.27. The number of H-pyrrole nitrogens is 1. The Morgan fingerprint density at radius 1 is 1.47 bits per heavy atom. The monoisotopic (exact) mass is 363 g/mol. The number of rotatable bonds is 4. The lowest BCUT2D eigenvalue weighted by molar-refractivity contribution is 0.466. The molecule has 0 aliphatic rings. The van der Waals surface area contributed by atoms with E-state index >= 15 is 0 Å². The first-order valence-electron chi connectivity index (χ1n) is 5.53. The lowest BCUT2D eigenvalue weighted by Crippen LogP contribution is -2.27. The Hall–Kier alpha value is -0.700. The third-order valence-electron chi connectivity index (χ3n) is 2.76. The SMILES string of the molecule is Cc1n[nH]c(C)c1S(=O)(=O)N(C)Cc1csc(Br)c1. The number of thiophene rings is 1. The molecule has 0 amide bonds. The van der Waals surface area contributed by atoms with Crippen molar-refractivity contribution < 1.29 is 8.42 Å². The van der Waals surface area contributed by atoms with Gasteiger partial charge in [-0.3, -0.25) is 5.10 Å². The largest absolute Gasteiger partial charge is 0.281 e. The van der Waals surface area contributed by atoms with Gasteiger partial charge in [-0.05, 0) is 46.8 Å². The minimum Gasteiger partial charge on any atom is -0.281 e. The molecule has 0 saturated heterocycles. The molecule has 1 N–H and O–H groups in total. The zero-order valence-electron chi connectivity index (χ0n) is 10.8. The van der Waals surface area contributed by atoms with E-state index in [4.69, 9.17) is 0 Å². The van der Waals surface area contributed by atoms with E-state index in [9.17, 15) is 8.42 Å². The van der Waals surface area contributed by atoms with Gasteiger partial charge in [0, 0.05) is 13.6 Å². The number of nitrogens with zero attached hydrogens (tertiary/aromatic N) is 2. The average molecular weight is 364 g/mol. The maximum atomic E-state index is 12.5. The molecule has 0 aliphatic heterocycles. The summed E-state index contributed by atoms with van der Waals surface area (Å²) in [5.41, 5.74) is 2.02. The Bertz CT molecular complexity index is 671. The van der Waals surface area contributed by atoms with Gasteiger partial charge in [0.05, 0.1) is 15.2 Å². The van der Waals surface area contributed by atoms with Crippen molar-refractivity contribution in [1.29, 1.82) is 0 Å². The lowest BCUT2D eigenvalue weighted by Gasteiger charge is -2.16. The predicted octanol–water partition coefficient (Wildman–Crippen LogP) is 2.67. The van der Waals surface area contributed by atoms with Crippen LogP contribution in [0.1, 0.15) is 17.0 Å². The maximum absolute atomic E-state index is 12.5. The molecule has 0 atom stereocenters. The Kier molecular flexibility index (Phi) is 4.14. The fourth-order valence-corrected chi connectivity index (χ4v) is 4.53. The van der Waals surface area contributed by atoms with Gasteiger partial charge in [0.25, 0.3) is 0 Å². The van der Waals surface area contributed by atoms with Crippen LogP contribution in [0.5, 0.6) is 0 Å². The van der Waals surface area contributed by atoms with Crippen LogP contribution >= 0.6 is 27.3 Å². The molecule has 0 spiro atoms. The van der Waals surface area contributed by atoms with Crippen LogP contribution in [-0.4, -0.2) is 30.0 Å². The topological polar surface area (TPSA) is 66.1 Å². The minimum absolute atomic E-state index is 0.268. The normalized spacial score (nSPS) is 12.3. The minimum atomic E-state index is -3.52. The van der Waals surface area contributed by atoms with Crippen molar-refractivity contribution in [2.24, 2.45) is 0 Å². The molecule has 0 saturated carbocycles. The summed E-state index contributed by atoms with van der Waals surface area (Å²) < 4.78 is 27.3. The van der Waals surface area contributed by atoms with Crippen molar-refractivity contribution in [3.8, 4) is 0 Å². The highest BCUT2D eigenvalue weighted by Crippen LogP contribution is 2.25. The summed E-state index contributed by atoms with van der Waals surface area (Å²) in [6.45, 7) is 3.74. The summed E-state index contributed by atoms with van der Waals surface area (Å²) in [5, 5.41) is 8.58. The van der Waals surface area contributed by atoms with E-state index in [1.165, 1.54) is 15.6 Å². The molecule has 0 aromatic carbocycles. The van der Waals surface area contributed by atoms with Crippen LogP contribution < -0.4 is 0 Å². The smallest absolute Gasteiger partial charge is 0.246 e. The number of sulfonamides is 1. The molecule has 0 unspecified atom stereocenters. The molecule has 2 rings (SSSR count). The second-order valence-corrected chi connectivity index (χ2v) is 8.56. The van der Waals surface area contributed by atoms with Crippen LogP contribution in [0.2, 0.25) is 0 Å². The summed E-state index contributed by atoms with van der Waals surface area (Å²) in [6.07, 6.45) is 0. The van der Waals surface area contributed by atoms with E-state index in [2.05, 4.69) is 26.1 Å². The third kappa shape index (κ3) is 2.91. The zero-order chi connectivity index (χ0) is 14.2. The first kappa shape index (κ1) is 14.7. The molecule has 0 aliphatic carbocycles. The van der Waals surface area contributed by atoms with Gasteiger partial charge in [-0.1, -0.05) is 0 Å². The highest BCUT2D eigenvalue weighted by atomic mass is 79.9. The fourth-order valence-electron chi connectivity index (χ4n) is 1.85. The fraction of sp³-hybridized carbons (Fsp3) is 0.364. The first-order chi connectivity index (χ1) is 8.82. The van der Waals surface area contributed by atoms with Crippen molar-refractivity contribution in [2.45, 2.75) is 25.3 Å². The van der Waals surface area contributed by atoms with Gasteiger partial charge in [-0.25, -0.2) is 8.42 Å². The van der Waals surface area contributed by atoms with E-state index < -0.39 is 10.0 Å². The summed E-state index contributed by atoms with van der Waals surface area (Å²) in [7, 11) is -1.94. The zero-order valence-corrected chi connectivity index (χ0v) is 14.0. The van der Waals surface area contributed by atoms with Crippen LogP contribution in [0, 0.1) is 13.8 Å². The van der Waals surface area contributed by atoms with E-state index in [0.29, 0.717) is 17.9 Å². The second kappa shape index (κ2) is 5.35. The molecule has 104 valence electrons. The molecule has 19 heavy (non-hydrogen) atoms. The molecule has 2 aromatic heterocycles. The summed E-state index contributed by atoms with van der Waals surface area (Å²) in [4.78, 5) is 0.268. The molecule has 8 heteroatoms. The van der Waals surface area contributed by atoms with Gasteiger partial charge in [0.2, 0.25) is 10.0 Å². The second-order valence-electron chi connectivity index (χ2n) is 4.28. The van der Waals surface area contributed by atoms with Crippen molar-refractivity contribution in [1.82, 2.24) is 14.5 Å².